The Kier molecular flexibility index (Phi) is 6.88. The minimum absolute atomic E-state index is 0.132. The molecule has 5 nitrogen and oxygen atoms in total. The van der Waals surface area contributed by atoms with Crippen molar-refractivity contribution in [3.05, 3.63) is 29.8 Å². The Labute approximate surface area is 125 Å². The van der Waals surface area contributed by atoms with E-state index < -0.39 is 17.9 Å². The van der Waals surface area contributed by atoms with Crippen molar-refractivity contribution in [3.63, 3.8) is 0 Å². The van der Waals surface area contributed by atoms with Gasteiger partial charge in [-0.2, -0.15) is 0 Å². The fourth-order valence-electron chi connectivity index (χ4n) is 1.76. The number of nitrogens with one attached hydrogen (secondary N) is 2. The van der Waals surface area contributed by atoms with E-state index in [0.29, 0.717) is 12.1 Å². The van der Waals surface area contributed by atoms with Crippen LogP contribution in [0.4, 0.5) is 5.69 Å². The maximum absolute atomic E-state index is 11.7. The molecule has 0 spiro atoms. The zero-order valence-electron chi connectivity index (χ0n) is 12.8. The molecule has 1 rings (SSSR count). The van der Waals surface area contributed by atoms with Gasteiger partial charge in [-0.25, -0.2) is 0 Å². The molecule has 1 aromatic rings. The molecule has 0 saturated carbocycles. The number of benzene rings is 1. The third kappa shape index (κ3) is 5.95. The number of aliphatic hydroxyl groups is 1. The first kappa shape index (κ1) is 17.2. The highest BCUT2D eigenvalue weighted by atomic mass is 16.3. The summed E-state index contributed by atoms with van der Waals surface area (Å²) in [5, 5.41) is 14.7. The Morgan fingerprint density at radius 1 is 1.14 bits per heavy atom. The number of hydrogen-bond donors (Lipinski definition) is 3. The summed E-state index contributed by atoms with van der Waals surface area (Å²) in [4.78, 5) is 23.3. The topological polar surface area (TPSA) is 78.4 Å². The maximum atomic E-state index is 11.7. The van der Waals surface area contributed by atoms with Crippen LogP contribution in [0.1, 0.15) is 32.8 Å². The third-order valence-corrected chi connectivity index (χ3v) is 3.32. The van der Waals surface area contributed by atoms with Gasteiger partial charge in [0.25, 0.3) is 0 Å². The summed E-state index contributed by atoms with van der Waals surface area (Å²) >= 11 is 0. The Balaban J connectivity index is 2.38. The van der Waals surface area contributed by atoms with E-state index in [1.165, 1.54) is 5.56 Å². The molecule has 0 radical (unpaired) electrons. The number of amides is 2. The molecule has 0 fully saturated rings. The van der Waals surface area contributed by atoms with Crippen molar-refractivity contribution in [1.29, 1.82) is 0 Å². The minimum atomic E-state index is -0.696. The van der Waals surface area contributed by atoms with Gasteiger partial charge in [-0.3, -0.25) is 9.59 Å². The largest absolute Gasteiger partial charge is 0.393 e. The van der Waals surface area contributed by atoms with Gasteiger partial charge in [0, 0.05) is 12.2 Å². The molecule has 1 unspecified atom stereocenters. The first-order valence-electron chi connectivity index (χ1n) is 7.30. The Hall–Kier alpha value is -1.88. The van der Waals surface area contributed by atoms with Gasteiger partial charge in [-0.1, -0.05) is 32.9 Å². The Morgan fingerprint density at radius 3 is 2.29 bits per heavy atom. The molecular formula is C16H24N2O3. The second-order valence-electron chi connectivity index (χ2n) is 5.36. The fraction of sp³-hybridized carbons (Fsp3) is 0.500. The molecule has 0 aliphatic rings. The molecule has 3 N–H and O–H groups in total. The van der Waals surface area contributed by atoms with Gasteiger partial charge in [0.05, 0.1) is 6.10 Å². The molecule has 0 aliphatic carbocycles. The Bertz CT molecular complexity index is 469. The third-order valence-electron chi connectivity index (χ3n) is 3.32. The molecule has 1 aromatic carbocycles. The highest BCUT2D eigenvalue weighted by molar-refractivity contribution is 6.39. The molecule has 21 heavy (non-hydrogen) atoms. The van der Waals surface area contributed by atoms with Crippen molar-refractivity contribution in [2.45, 2.75) is 39.7 Å². The number of carbonyl (C=O) groups is 2. The van der Waals surface area contributed by atoms with Crippen LogP contribution in [-0.2, 0) is 16.0 Å². The van der Waals surface area contributed by atoms with E-state index in [-0.39, 0.29) is 12.5 Å². The average molecular weight is 292 g/mol. The van der Waals surface area contributed by atoms with Gasteiger partial charge < -0.3 is 15.7 Å². The molecule has 5 heteroatoms. The van der Waals surface area contributed by atoms with Crippen LogP contribution in [0.3, 0.4) is 0 Å². The molecule has 1 atom stereocenters. The first-order valence-corrected chi connectivity index (χ1v) is 7.30. The van der Waals surface area contributed by atoms with Crippen LogP contribution >= 0.6 is 0 Å². The fourth-order valence-corrected chi connectivity index (χ4v) is 1.76. The van der Waals surface area contributed by atoms with Crippen LogP contribution in [0.15, 0.2) is 24.3 Å². The lowest BCUT2D eigenvalue weighted by Crippen LogP contribution is -2.37. The van der Waals surface area contributed by atoms with Crippen LogP contribution < -0.4 is 10.6 Å². The van der Waals surface area contributed by atoms with Crippen LogP contribution in [0.25, 0.3) is 0 Å². The van der Waals surface area contributed by atoms with Crippen molar-refractivity contribution < 1.29 is 14.7 Å². The average Bonchev–Trinajstić information content (AvgIpc) is 2.47. The van der Waals surface area contributed by atoms with Crippen LogP contribution in [0.5, 0.6) is 0 Å². The lowest BCUT2D eigenvalue weighted by Gasteiger charge is -2.14. The van der Waals surface area contributed by atoms with Gasteiger partial charge in [0.1, 0.15) is 0 Å². The smallest absolute Gasteiger partial charge is 0.313 e. The lowest BCUT2D eigenvalue weighted by molar-refractivity contribution is -0.136. The zero-order chi connectivity index (χ0) is 15.8. The lowest BCUT2D eigenvalue weighted by atomic mass is 10.0. The number of hydrogen-bond acceptors (Lipinski definition) is 3. The van der Waals surface area contributed by atoms with E-state index in [2.05, 4.69) is 10.6 Å². The summed E-state index contributed by atoms with van der Waals surface area (Å²) in [5.74, 6) is -1.25. The summed E-state index contributed by atoms with van der Waals surface area (Å²) in [7, 11) is 0. The summed E-state index contributed by atoms with van der Waals surface area (Å²) < 4.78 is 0. The van der Waals surface area contributed by atoms with Crippen molar-refractivity contribution in [2.24, 2.45) is 5.92 Å². The van der Waals surface area contributed by atoms with E-state index >= 15 is 0 Å². The number of rotatable bonds is 6. The number of carbonyl (C=O) groups excluding carboxylic acids is 2. The van der Waals surface area contributed by atoms with Gasteiger partial charge in [-0.15, -0.1) is 0 Å². The monoisotopic (exact) mass is 292 g/mol. The second kappa shape index (κ2) is 8.42. The molecule has 2 amide bonds. The predicted octanol–water partition coefficient (Wildman–Crippen LogP) is 1.71. The van der Waals surface area contributed by atoms with Gasteiger partial charge >= 0.3 is 11.8 Å². The van der Waals surface area contributed by atoms with Crippen LogP contribution in [-0.4, -0.2) is 29.6 Å². The molecule has 116 valence electrons. The molecular weight excluding hydrogens is 268 g/mol. The predicted molar refractivity (Wildman–Crippen MR) is 82.9 cm³/mol. The van der Waals surface area contributed by atoms with Crippen molar-refractivity contribution in [3.8, 4) is 0 Å². The quantitative estimate of drug-likeness (QED) is 0.698. The molecule has 0 aliphatic heterocycles. The van der Waals surface area contributed by atoms with Gasteiger partial charge in [-0.05, 0) is 36.5 Å². The normalized spacial score (nSPS) is 12.0. The summed E-state index contributed by atoms with van der Waals surface area (Å²) in [6, 6.07) is 7.36. The summed E-state index contributed by atoms with van der Waals surface area (Å²) in [6.45, 7) is 6.13. The zero-order valence-corrected chi connectivity index (χ0v) is 12.8. The molecule has 0 aromatic heterocycles. The maximum Gasteiger partial charge on any atom is 0.313 e. The van der Waals surface area contributed by atoms with Crippen LogP contribution in [0.2, 0.25) is 0 Å². The van der Waals surface area contributed by atoms with Crippen molar-refractivity contribution >= 4 is 17.5 Å². The highest BCUT2D eigenvalue weighted by Crippen LogP contribution is 2.09. The van der Waals surface area contributed by atoms with E-state index in [1.807, 2.05) is 32.9 Å². The van der Waals surface area contributed by atoms with Crippen molar-refractivity contribution in [1.82, 2.24) is 5.32 Å². The van der Waals surface area contributed by atoms with E-state index in [9.17, 15) is 14.7 Å². The van der Waals surface area contributed by atoms with E-state index in [1.54, 1.807) is 12.1 Å². The number of aliphatic hydroxyl groups excluding tert-OH is 1. The second-order valence-corrected chi connectivity index (χ2v) is 5.36. The molecule has 0 saturated heterocycles. The highest BCUT2D eigenvalue weighted by Gasteiger charge is 2.14. The van der Waals surface area contributed by atoms with Crippen LogP contribution in [0, 0.1) is 5.92 Å². The summed E-state index contributed by atoms with van der Waals surface area (Å²) in [6.07, 6.45) is 0.879. The number of anilines is 1. The first-order chi connectivity index (χ1) is 9.93. The van der Waals surface area contributed by atoms with E-state index in [0.717, 1.165) is 6.42 Å². The van der Waals surface area contributed by atoms with Gasteiger partial charge in [0.2, 0.25) is 0 Å². The molecule has 0 heterocycles. The Morgan fingerprint density at radius 2 is 1.76 bits per heavy atom. The van der Waals surface area contributed by atoms with Crippen molar-refractivity contribution in [2.75, 3.05) is 11.9 Å². The molecule has 0 bridgehead atoms. The minimum Gasteiger partial charge on any atom is -0.393 e. The SMILES string of the molecule is CCc1ccc(NC(=O)C(=O)NCCC(O)C(C)C)cc1. The van der Waals surface area contributed by atoms with E-state index in [4.69, 9.17) is 0 Å². The standard InChI is InChI=1S/C16H24N2O3/c1-4-12-5-7-13(8-6-12)18-16(21)15(20)17-10-9-14(19)11(2)3/h5-8,11,14,19H,4,9-10H2,1-3H3,(H,17,20)(H,18,21). The number of aryl methyl sites for hydroxylation is 1. The van der Waals surface area contributed by atoms with Gasteiger partial charge in [0.15, 0.2) is 0 Å². The summed E-state index contributed by atoms with van der Waals surface area (Å²) in [5.41, 5.74) is 1.76.